The standard InChI is InChI=1S/C12H23N3O/c1-4-6-11(2)14-12-13-7-9-15(12)8-5-10-16-3/h7,9,11H,4-6,8,10H2,1-3H3,(H,13,14). The Bertz CT molecular complexity index is 286. The number of hydrogen-bond acceptors (Lipinski definition) is 3. The summed E-state index contributed by atoms with van der Waals surface area (Å²) in [6.07, 6.45) is 7.23. The summed E-state index contributed by atoms with van der Waals surface area (Å²) >= 11 is 0. The molecule has 1 rings (SSSR count). The Labute approximate surface area is 98.0 Å². The molecule has 0 radical (unpaired) electrons. The van der Waals surface area contributed by atoms with Crippen LogP contribution < -0.4 is 5.32 Å². The van der Waals surface area contributed by atoms with Crippen LogP contribution >= 0.6 is 0 Å². The van der Waals surface area contributed by atoms with Gasteiger partial charge in [-0.1, -0.05) is 13.3 Å². The Balaban J connectivity index is 2.43. The summed E-state index contributed by atoms with van der Waals surface area (Å²) in [5.74, 6) is 0.969. The summed E-state index contributed by atoms with van der Waals surface area (Å²) < 4.78 is 7.19. The molecule has 0 aliphatic rings. The topological polar surface area (TPSA) is 39.1 Å². The van der Waals surface area contributed by atoms with Gasteiger partial charge in [-0.25, -0.2) is 4.98 Å². The first-order chi connectivity index (χ1) is 7.77. The molecule has 0 spiro atoms. The molecule has 4 heteroatoms. The zero-order chi connectivity index (χ0) is 11.8. The summed E-state index contributed by atoms with van der Waals surface area (Å²) in [7, 11) is 1.73. The average Bonchev–Trinajstić information content (AvgIpc) is 2.66. The predicted molar refractivity (Wildman–Crippen MR) is 66.7 cm³/mol. The molecule has 1 aromatic heterocycles. The van der Waals surface area contributed by atoms with Crippen LogP contribution in [0.5, 0.6) is 0 Å². The van der Waals surface area contributed by atoms with Gasteiger partial charge in [-0.3, -0.25) is 0 Å². The Hall–Kier alpha value is -1.03. The van der Waals surface area contributed by atoms with Gasteiger partial charge in [0.25, 0.3) is 0 Å². The number of nitrogens with zero attached hydrogens (tertiary/aromatic N) is 2. The van der Waals surface area contributed by atoms with Crippen LogP contribution in [0.25, 0.3) is 0 Å². The van der Waals surface area contributed by atoms with E-state index in [0.717, 1.165) is 25.5 Å². The zero-order valence-electron chi connectivity index (χ0n) is 10.6. The molecule has 0 saturated heterocycles. The van der Waals surface area contributed by atoms with Crippen LogP contribution in [0, 0.1) is 0 Å². The van der Waals surface area contributed by atoms with E-state index in [9.17, 15) is 0 Å². The Morgan fingerprint density at radius 3 is 3.06 bits per heavy atom. The van der Waals surface area contributed by atoms with E-state index in [4.69, 9.17) is 4.74 Å². The summed E-state index contributed by atoms with van der Waals surface area (Å²) in [6, 6.07) is 0.480. The van der Waals surface area contributed by atoms with E-state index in [0.29, 0.717) is 6.04 Å². The first-order valence-corrected chi connectivity index (χ1v) is 6.04. The van der Waals surface area contributed by atoms with Crippen LogP contribution in [-0.2, 0) is 11.3 Å². The molecular formula is C12H23N3O. The van der Waals surface area contributed by atoms with E-state index >= 15 is 0 Å². The van der Waals surface area contributed by atoms with Crippen molar-refractivity contribution in [1.29, 1.82) is 0 Å². The van der Waals surface area contributed by atoms with Crippen molar-refractivity contribution in [3.8, 4) is 0 Å². The second-order valence-electron chi connectivity index (χ2n) is 4.12. The third-order valence-corrected chi connectivity index (χ3v) is 2.56. The molecule has 1 unspecified atom stereocenters. The lowest BCUT2D eigenvalue weighted by atomic mass is 10.2. The molecule has 0 aromatic carbocycles. The van der Waals surface area contributed by atoms with E-state index < -0.39 is 0 Å². The van der Waals surface area contributed by atoms with E-state index in [2.05, 4.69) is 28.7 Å². The van der Waals surface area contributed by atoms with Crippen LogP contribution in [0.3, 0.4) is 0 Å². The number of nitrogens with one attached hydrogen (secondary N) is 1. The van der Waals surface area contributed by atoms with Gasteiger partial charge in [0.1, 0.15) is 0 Å². The number of anilines is 1. The van der Waals surface area contributed by atoms with Crippen LogP contribution in [0.15, 0.2) is 12.4 Å². The number of imidazole rings is 1. The summed E-state index contributed by atoms with van der Waals surface area (Å²) in [5, 5.41) is 3.43. The number of aryl methyl sites for hydroxylation is 1. The fourth-order valence-electron chi connectivity index (χ4n) is 1.73. The molecule has 1 N–H and O–H groups in total. The molecule has 0 fully saturated rings. The maximum absolute atomic E-state index is 5.05. The van der Waals surface area contributed by atoms with Gasteiger partial charge in [0.05, 0.1) is 0 Å². The molecule has 1 aromatic rings. The van der Waals surface area contributed by atoms with Gasteiger partial charge >= 0.3 is 0 Å². The quantitative estimate of drug-likeness (QED) is 0.691. The van der Waals surface area contributed by atoms with E-state index in [1.807, 2.05) is 12.4 Å². The van der Waals surface area contributed by atoms with Crippen molar-refractivity contribution in [2.75, 3.05) is 19.0 Å². The van der Waals surface area contributed by atoms with Crippen LogP contribution in [0.4, 0.5) is 5.95 Å². The lowest BCUT2D eigenvalue weighted by Crippen LogP contribution is -2.18. The van der Waals surface area contributed by atoms with Crippen molar-refractivity contribution >= 4 is 5.95 Å². The van der Waals surface area contributed by atoms with Crippen molar-refractivity contribution in [2.24, 2.45) is 0 Å². The van der Waals surface area contributed by atoms with Gasteiger partial charge in [0.15, 0.2) is 0 Å². The van der Waals surface area contributed by atoms with Crippen molar-refractivity contribution in [3.05, 3.63) is 12.4 Å². The lowest BCUT2D eigenvalue weighted by Gasteiger charge is -2.15. The highest BCUT2D eigenvalue weighted by Gasteiger charge is 2.05. The Morgan fingerprint density at radius 2 is 2.38 bits per heavy atom. The second kappa shape index (κ2) is 7.28. The number of hydrogen-bond donors (Lipinski definition) is 1. The first kappa shape index (κ1) is 13.0. The monoisotopic (exact) mass is 225 g/mol. The maximum Gasteiger partial charge on any atom is 0.202 e. The minimum absolute atomic E-state index is 0.480. The molecular weight excluding hydrogens is 202 g/mol. The van der Waals surface area contributed by atoms with Crippen LogP contribution in [0.2, 0.25) is 0 Å². The molecule has 92 valence electrons. The van der Waals surface area contributed by atoms with Gasteiger partial charge in [-0.2, -0.15) is 0 Å². The molecule has 1 atom stereocenters. The molecule has 0 bridgehead atoms. The van der Waals surface area contributed by atoms with Crippen molar-refractivity contribution < 1.29 is 4.74 Å². The normalized spacial score (nSPS) is 12.7. The lowest BCUT2D eigenvalue weighted by molar-refractivity contribution is 0.190. The van der Waals surface area contributed by atoms with Gasteiger partial charge in [-0.05, 0) is 19.8 Å². The largest absolute Gasteiger partial charge is 0.385 e. The van der Waals surface area contributed by atoms with Crippen molar-refractivity contribution in [3.63, 3.8) is 0 Å². The highest BCUT2D eigenvalue weighted by atomic mass is 16.5. The minimum atomic E-state index is 0.480. The van der Waals surface area contributed by atoms with E-state index in [1.165, 1.54) is 12.8 Å². The third-order valence-electron chi connectivity index (χ3n) is 2.56. The van der Waals surface area contributed by atoms with Crippen molar-refractivity contribution in [2.45, 2.75) is 45.7 Å². The average molecular weight is 225 g/mol. The first-order valence-electron chi connectivity index (χ1n) is 6.04. The molecule has 4 nitrogen and oxygen atoms in total. The number of aromatic nitrogens is 2. The molecule has 16 heavy (non-hydrogen) atoms. The van der Waals surface area contributed by atoms with Gasteiger partial charge in [0.2, 0.25) is 5.95 Å². The maximum atomic E-state index is 5.05. The molecule has 0 aliphatic carbocycles. The molecule has 1 heterocycles. The van der Waals surface area contributed by atoms with Gasteiger partial charge < -0.3 is 14.6 Å². The van der Waals surface area contributed by atoms with Gasteiger partial charge in [-0.15, -0.1) is 0 Å². The Morgan fingerprint density at radius 1 is 1.56 bits per heavy atom. The van der Waals surface area contributed by atoms with E-state index in [1.54, 1.807) is 7.11 Å². The summed E-state index contributed by atoms with van der Waals surface area (Å²) in [6.45, 7) is 6.14. The van der Waals surface area contributed by atoms with Crippen LogP contribution in [-0.4, -0.2) is 29.3 Å². The molecule has 0 saturated carbocycles. The smallest absolute Gasteiger partial charge is 0.202 e. The number of methoxy groups -OCH3 is 1. The number of ether oxygens (including phenoxy) is 1. The second-order valence-corrected chi connectivity index (χ2v) is 4.12. The molecule has 0 aliphatic heterocycles. The van der Waals surface area contributed by atoms with Gasteiger partial charge in [0, 0.05) is 38.7 Å². The minimum Gasteiger partial charge on any atom is -0.385 e. The fraction of sp³-hybridized carbons (Fsp3) is 0.750. The number of rotatable bonds is 8. The predicted octanol–water partition coefficient (Wildman–Crippen LogP) is 2.52. The van der Waals surface area contributed by atoms with Crippen LogP contribution in [0.1, 0.15) is 33.1 Å². The highest BCUT2D eigenvalue weighted by molar-refractivity contribution is 5.27. The zero-order valence-corrected chi connectivity index (χ0v) is 10.6. The summed E-state index contributed by atoms with van der Waals surface area (Å²) in [4.78, 5) is 4.33. The fourth-order valence-corrected chi connectivity index (χ4v) is 1.73. The highest BCUT2D eigenvalue weighted by Crippen LogP contribution is 2.09. The Kier molecular flexibility index (Phi) is 5.93. The molecule has 0 amide bonds. The third kappa shape index (κ3) is 4.23. The van der Waals surface area contributed by atoms with E-state index in [-0.39, 0.29) is 0 Å². The SMILES string of the molecule is CCCC(C)Nc1nccn1CCCOC. The summed E-state index contributed by atoms with van der Waals surface area (Å²) in [5.41, 5.74) is 0. The van der Waals surface area contributed by atoms with Crippen molar-refractivity contribution in [1.82, 2.24) is 9.55 Å².